The van der Waals surface area contributed by atoms with E-state index in [0.29, 0.717) is 5.39 Å². The SMILES string of the molecule is O=c1c2cnc(C3CCc4ccccc4-c4cc(-c5ccc6c(c5)c5c7ccccc7ccc5n6-c5ccccc5)ccc43)cc2c2ccccc2n1-c1ccccc1. The van der Waals surface area contributed by atoms with Crippen molar-refractivity contribution in [3.8, 4) is 33.6 Å². The van der Waals surface area contributed by atoms with Gasteiger partial charge in [0.2, 0.25) is 0 Å². The maximum Gasteiger partial charge on any atom is 0.265 e. The van der Waals surface area contributed by atoms with Crippen LogP contribution < -0.4 is 5.56 Å². The van der Waals surface area contributed by atoms with Gasteiger partial charge in [0.15, 0.2) is 0 Å². The van der Waals surface area contributed by atoms with Crippen LogP contribution in [0.25, 0.3) is 87.9 Å². The van der Waals surface area contributed by atoms with Gasteiger partial charge >= 0.3 is 0 Å². The molecule has 1 unspecified atom stereocenters. The smallest absolute Gasteiger partial charge is 0.265 e. The zero-order valence-corrected chi connectivity index (χ0v) is 32.2. The average molecular weight is 756 g/mol. The summed E-state index contributed by atoms with van der Waals surface area (Å²) in [6.45, 7) is 0. The Morgan fingerprint density at radius 1 is 0.475 bits per heavy atom. The molecule has 1 aliphatic rings. The van der Waals surface area contributed by atoms with Gasteiger partial charge in [-0.2, -0.15) is 0 Å². The van der Waals surface area contributed by atoms with Crippen LogP contribution in [0, 0.1) is 0 Å². The van der Waals surface area contributed by atoms with Crippen LogP contribution >= 0.6 is 0 Å². The fraction of sp³-hybridized carbons (Fsp3) is 0.0545. The first kappa shape index (κ1) is 33.6. The third-order valence-electron chi connectivity index (χ3n) is 12.6. The Hall–Kier alpha value is -7.56. The molecule has 0 amide bonds. The van der Waals surface area contributed by atoms with Gasteiger partial charge in [-0.3, -0.25) is 14.3 Å². The number of para-hydroxylation sites is 3. The summed E-state index contributed by atoms with van der Waals surface area (Å²) in [7, 11) is 0. The molecule has 59 heavy (non-hydrogen) atoms. The lowest BCUT2D eigenvalue weighted by Gasteiger charge is -2.20. The zero-order valence-electron chi connectivity index (χ0n) is 32.2. The van der Waals surface area contributed by atoms with E-state index >= 15 is 0 Å². The van der Waals surface area contributed by atoms with Crippen molar-refractivity contribution in [2.45, 2.75) is 18.8 Å². The van der Waals surface area contributed by atoms with Gasteiger partial charge < -0.3 is 4.57 Å². The normalized spacial score (nSPS) is 13.9. The van der Waals surface area contributed by atoms with Gasteiger partial charge in [-0.05, 0) is 123 Å². The molecule has 0 N–H and O–H groups in total. The Morgan fingerprint density at radius 3 is 1.98 bits per heavy atom. The minimum Gasteiger partial charge on any atom is -0.309 e. The standard InChI is InChI=1S/C55H37N3O/c59-55-49-34-56-50(33-47(49)45-21-11-12-22-51(45)58(55)40-17-5-2-6-18-40)44-28-23-35-13-7-9-19-41(35)46-31-37(24-27-43(44)46)38-26-29-52-48(32-38)54-42-20-10-8-14-36(42)25-30-53(54)57(52)39-15-3-1-4-16-39/h1-22,24-27,29-34,44H,23,28H2. The van der Waals surface area contributed by atoms with Crippen LogP contribution in [0.5, 0.6) is 0 Å². The van der Waals surface area contributed by atoms with Crippen LogP contribution in [-0.4, -0.2) is 14.1 Å². The number of pyridine rings is 2. The molecule has 0 saturated heterocycles. The lowest BCUT2D eigenvalue weighted by molar-refractivity contribution is 0.706. The van der Waals surface area contributed by atoms with Crippen LogP contribution in [-0.2, 0) is 6.42 Å². The highest BCUT2D eigenvalue weighted by Gasteiger charge is 2.26. The van der Waals surface area contributed by atoms with Crippen molar-refractivity contribution in [3.63, 3.8) is 0 Å². The number of hydrogen-bond acceptors (Lipinski definition) is 2. The molecule has 4 nitrogen and oxygen atoms in total. The van der Waals surface area contributed by atoms with Crippen molar-refractivity contribution in [2.75, 3.05) is 0 Å². The third-order valence-corrected chi connectivity index (χ3v) is 12.6. The summed E-state index contributed by atoms with van der Waals surface area (Å²) in [5, 5.41) is 7.62. The molecular formula is C55H37N3O. The highest BCUT2D eigenvalue weighted by molar-refractivity contribution is 6.22. The van der Waals surface area contributed by atoms with E-state index in [0.717, 1.165) is 46.2 Å². The van der Waals surface area contributed by atoms with E-state index in [1.807, 2.05) is 53.2 Å². The lowest BCUT2D eigenvalue weighted by atomic mass is 9.86. The summed E-state index contributed by atoms with van der Waals surface area (Å²) in [5.41, 5.74) is 13.7. The van der Waals surface area contributed by atoms with E-state index in [1.54, 1.807) is 0 Å². The molecule has 12 rings (SSSR count). The minimum atomic E-state index is -0.0564. The Morgan fingerprint density at radius 2 is 1.14 bits per heavy atom. The van der Waals surface area contributed by atoms with Crippen molar-refractivity contribution in [3.05, 3.63) is 221 Å². The maximum atomic E-state index is 14.2. The first-order valence-corrected chi connectivity index (χ1v) is 20.4. The zero-order chi connectivity index (χ0) is 39.0. The fourth-order valence-corrected chi connectivity index (χ4v) is 9.88. The first-order chi connectivity index (χ1) is 29.2. The Bertz CT molecular complexity index is 3530. The predicted molar refractivity (Wildman–Crippen MR) is 244 cm³/mol. The van der Waals surface area contributed by atoms with Gasteiger partial charge in [0, 0.05) is 45.3 Å². The molecular weight excluding hydrogens is 719 g/mol. The molecule has 0 spiro atoms. The maximum absolute atomic E-state index is 14.2. The van der Waals surface area contributed by atoms with E-state index < -0.39 is 0 Å². The topological polar surface area (TPSA) is 39.8 Å². The second kappa shape index (κ2) is 13.3. The van der Waals surface area contributed by atoms with E-state index in [-0.39, 0.29) is 11.5 Å². The number of aromatic nitrogens is 3. The molecule has 1 atom stereocenters. The number of nitrogens with zero attached hydrogens (tertiary/aromatic N) is 3. The molecule has 11 aromatic rings. The first-order valence-electron chi connectivity index (χ1n) is 20.4. The van der Waals surface area contributed by atoms with Gasteiger partial charge in [0.1, 0.15) is 0 Å². The van der Waals surface area contributed by atoms with Gasteiger partial charge in [-0.25, -0.2) is 0 Å². The molecule has 0 bridgehead atoms. The Balaban J connectivity index is 1.04. The summed E-state index contributed by atoms with van der Waals surface area (Å²) in [6.07, 6.45) is 3.66. The number of hydrogen-bond donors (Lipinski definition) is 0. The second-order valence-electron chi connectivity index (χ2n) is 15.8. The van der Waals surface area contributed by atoms with Crippen LogP contribution in [0.2, 0.25) is 0 Å². The monoisotopic (exact) mass is 755 g/mol. The van der Waals surface area contributed by atoms with Crippen molar-refractivity contribution in [1.29, 1.82) is 0 Å². The average Bonchev–Trinajstić information content (AvgIpc) is 3.54. The summed E-state index contributed by atoms with van der Waals surface area (Å²) in [4.78, 5) is 19.3. The van der Waals surface area contributed by atoms with Crippen LogP contribution in [0.3, 0.4) is 0 Å². The van der Waals surface area contributed by atoms with Crippen LogP contribution in [0.4, 0.5) is 0 Å². The second-order valence-corrected chi connectivity index (χ2v) is 15.8. The molecule has 0 saturated carbocycles. The summed E-state index contributed by atoms with van der Waals surface area (Å²) >= 11 is 0. The molecule has 0 radical (unpaired) electrons. The molecule has 0 aliphatic heterocycles. The van der Waals surface area contributed by atoms with Gasteiger partial charge in [-0.1, -0.05) is 127 Å². The van der Waals surface area contributed by atoms with Crippen molar-refractivity contribution >= 4 is 54.3 Å². The number of fused-ring (bicyclic) bond motifs is 11. The quantitative estimate of drug-likeness (QED) is 0.168. The van der Waals surface area contributed by atoms with Gasteiger partial charge in [0.25, 0.3) is 5.56 Å². The minimum absolute atomic E-state index is 0.0452. The summed E-state index contributed by atoms with van der Waals surface area (Å²) in [5.74, 6) is 0.0452. The fourth-order valence-electron chi connectivity index (χ4n) is 9.88. The van der Waals surface area contributed by atoms with Gasteiger partial charge in [0.05, 0.1) is 21.9 Å². The largest absolute Gasteiger partial charge is 0.309 e. The van der Waals surface area contributed by atoms with E-state index in [9.17, 15) is 4.79 Å². The Labute approximate surface area is 340 Å². The molecule has 8 aromatic carbocycles. The number of aryl methyl sites for hydroxylation is 1. The van der Waals surface area contributed by atoms with Crippen molar-refractivity contribution in [1.82, 2.24) is 14.1 Å². The van der Waals surface area contributed by atoms with Crippen molar-refractivity contribution < 1.29 is 0 Å². The molecule has 0 fully saturated rings. The highest BCUT2D eigenvalue weighted by Crippen LogP contribution is 2.44. The number of benzene rings is 8. The van der Waals surface area contributed by atoms with Crippen LogP contribution in [0.15, 0.2) is 199 Å². The number of rotatable bonds is 4. The molecule has 3 aromatic heterocycles. The Kier molecular flexibility index (Phi) is 7.54. The van der Waals surface area contributed by atoms with E-state index in [2.05, 4.69) is 150 Å². The summed E-state index contributed by atoms with van der Waals surface area (Å²) in [6, 6.07) is 67.1. The predicted octanol–water partition coefficient (Wildman–Crippen LogP) is 13.2. The highest BCUT2D eigenvalue weighted by atomic mass is 16.1. The molecule has 1 aliphatic carbocycles. The molecule has 4 heteroatoms. The van der Waals surface area contributed by atoms with Crippen LogP contribution in [0.1, 0.15) is 29.2 Å². The summed E-state index contributed by atoms with van der Waals surface area (Å²) < 4.78 is 4.22. The third kappa shape index (κ3) is 5.23. The molecule has 3 heterocycles. The lowest BCUT2D eigenvalue weighted by Crippen LogP contribution is -2.19. The molecule has 278 valence electrons. The van der Waals surface area contributed by atoms with Crippen molar-refractivity contribution in [2.24, 2.45) is 0 Å². The van der Waals surface area contributed by atoms with Gasteiger partial charge in [-0.15, -0.1) is 0 Å². The van der Waals surface area contributed by atoms with E-state index in [1.165, 1.54) is 66.0 Å². The van der Waals surface area contributed by atoms with E-state index in [4.69, 9.17) is 4.98 Å².